The molecule has 2 atom stereocenters. The van der Waals surface area contributed by atoms with E-state index in [2.05, 4.69) is 0 Å². The summed E-state index contributed by atoms with van der Waals surface area (Å²) in [7, 11) is 0. The van der Waals surface area contributed by atoms with E-state index < -0.39 is 0 Å². The maximum absolute atomic E-state index is 6.10. The van der Waals surface area contributed by atoms with Crippen molar-refractivity contribution in [3.8, 4) is 0 Å². The van der Waals surface area contributed by atoms with Crippen molar-refractivity contribution >= 4 is 0 Å². The molecule has 94 valence electrons. The van der Waals surface area contributed by atoms with Gasteiger partial charge in [-0.1, -0.05) is 32.1 Å². The van der Waals surface area contributed by atoms with E-state index in [9.17, 15) is 0 Å². The van der Waals surface area contributed by atoms with Crippen LogP contribution in [0.4, 0.5) is 0 Å². The van der Waals surface area contributed by atoms with Crippen LogP contribution in [0.25, 0.3) is 0 Å². The van der Waals surface area contributed by atoms with Crippen molar-refractivity contribution < 1.29 is 4.74 Å². The Labute approximate surface area is 99.9 Å². The second-order valence-electron chi connectivity index (χ2n) is 5.63. The quantitative estimate of drug-likeness (QED) is 0.798. The highest BCUT2D eigenvalue weighted by Gasteiger charge is 2.25. The molecule has 0 radical (unpaired) electrons. The Hall–Kier alpha value is -0.0800. The first-order valence-corrected chi connectivity index (χ1v) is 7.22. The molecule has 0 heterocycles. The van der Waals surface area contributed by atoms with Gasteiger partial charge in [0, 0.05) is 0 Å². The third-order valence-corrected chi connectivity index (χ3v) is 4.47. The summed E-state index contributed by atoms with van der Waals surface area (Å²) in [6.07, 6.45) is 12.7. The van der Waals surface area contributed by atoms with Gasteiger partial charge in [0.05, 0.1) is 12.7 Å². The van der Waals surface area contributed by atoms with Gasteiger partial charge in [0.15, 0.2) is 0 Å². The third-order valence-electron chi connectivity index (χ3n) is 4.47. The molecule has 0 aliphatic heterocycles. The third kappa shape index (κ3) is 3.46. The van der Waals surface area contributed by atoms with Crippen LogP contribution in [-0.2, 0) is 4.74 Å². The van der Waals surface area contributed by atoms with Gasteiger partial charge in [0.1, 0.15) is 0 Å². The van der Waals surface area contributed by atoms with Gasteiger partial charge in [-0.15, -0.1) is 0 Å². The second-order valence-corrected chi connectivity index (χ2v) is 5.63. The van der Waals surface area contributed by atoms with Gasteiger partial charge in [-0.05, 0) is 44.1 Å². The molecule has 2 saturated carbocycles. The van der Waals surface area contributed by atoms with Crippen molar-refractivity contribution in [2.24, 2.45) is 17.6 Å². The molecule has 0 bridgehead atoms. The van der Waals surface area contributed by atoms with Crippen molar-refractivity contribution in [1.82, 2.24) is 0 Å². The van der Waals surface area contributed by atoms with E-state index in [1.165, 1.54) is 57.8 Å². The van der Waals surface area contributed by atoms with Crippen molar-refractivity contribution in [1.29, 1.82) is 0 Å². The molecule has 2 N–H and O–H groups in total. The van der Waals surface area contributed by atoms with E-state index in [1.54, 1.807) is 0 Å². The van der Waals surface area contributed by atoms with Crippen LogP contribution in [0.1, 0.15) is 57.8 Å². The zero-order chi connectivity index (χ0) is 11.2. The second kappa shape index (κ2) is 6.61. The molecule has 0 aromatic heterocycles. The van der Waals surface area contributed by atoms with Crippen LogP contribution in [0.15, 0.2) is 0 Å². The minimum atomic E-state index is 0.564. The molecule has 0 spiro atoms. The topological polar surface area (TPSA) is 35.2 Å². The Morgan fingerprint density at radius 2 is 1.44 bits per heavy atom. The summed E-state index contributed by atoms with van der Waals surface area (Å²) in [4.78, 5) is 0. The maximum Gasteiger partial charge on any atom is 0.0575 e. The molecule has 0 aromatic carbocycles. The van der Waals surface area contributed by atoms with Crippen LogP contribution in [0.2, 0.25) is 0 Å². The van der Waals surface area contributed by atoms with E-state index >= 15 is 0 Å². The fraction of sp³-hybridized carbons (Fsp3) is 1.00. The van der Waals surface area contributed by atoms with E-state index in [0.717, 1.165) is 25.0 Å². The molecule has 2 aliphatic carbocycles. The normalized spacial score (nSPS) is 32.8. The smallest absolute Gasteiger partial charge is 0.0575 e. The Bertz CT molecular complexity index is 189. The molecule has 2 aliphatic rings. The highest BCUT2D eigenvalue weighted by molar-refractivity contribution is 4.76. The first-order chi connectivity index (χ1) is 7.90. The Morgan fingerprint density at radius 3 is 2.12 bits per heavy atom. The highest BCUT2D eigenvalue weighted by atomic mass is 16.5. The molecule has 0 amide bonds. The van der Waals surface area contributed by atoms with Crippen molar-refractivity contribution in [3.63, 3.8) is 0 Å². The maximum atomic E-state index is 6.10. The fourth-order valence-electron chi connectivity index (χ4n) is 3.31. The van der Waals surface area contributed by atoms with Crippen molar-refractivity contribution in [2.45, 2.75) is 63.9 Å². The van der Waals surface area contributed by atoms with Gasteiger partial charge >= 0.3 is 0 Å². The zero-order valence-corrected chi connectivity index (χ0v) is 10.5. The first-order valence-electron chi connectivity index (χ1n) is 7.22. The zero-order valence-electron chi connectivity index (χ0n) is 10.5. The Morgan fingerprint density at radius 1 is 0.812 bits per heavy atom. The minimum Gasteiger partial charge on any atom is -0.378 e. The lowest BCUT2D eigenvalue weighted by Gasteiger charge is -2.32. The minimum absolute atomic E-state index is 0.564. The van der Waals surface area contributed by atoms with E-state index in [-0.39, 0.29) is 0 Å². The highest BCUT2D eigenvalue weighted by Crippen LogP contribution is 2.30. The molecule has 2 heteroatoms. The summed E-state index contributed by atoms with van der Waals surface area (Å²) in [6, 6.07) is 0. The molecular weight excluding hydrogens is 198 g/mol. The summed E-state index contributed by atoms with van der Waals surface area (Å²) in [6.45, 7) is 1.84. The monoisotopic (exact) mass is 225 g/mol. The number of nitrogens with two attached hydrogens (primary N) is 1. The summed E-state index contributed by atoms with van der Waals surface area (Å²) in [5.41, 5.74) is 5.85. The lowest BCUT2D eigenvalue weighted by molar-refractivity contribution is -0.0110. The molecular formula is C14H27NO. The molecule has 2 rings (SSSR count). The Balaban J connectivity index is 1.70. The van der Waals surface area contributed by atoms with Gasteiger partial charge in [-0.25, -0.2) is 0 Å². The van der Waals surface area contributed by atoms with E-state index in [1.807, 2.05) is 0 Å². The van der Waals surface area contributed by atoms with Crippen molar-refractivity contribution in [3.05, 3.63) is 0 Å². The van der Waals surface area contributed by atoms with Crippen LogP contribution >= 0.6 is 0 Å². The predicted molar refractivity (Wildman–Crippen MR) is 67.3 cm³/mol. The summed E-state index contributed by atoms with van der Waals surface area (Å²) >= 11 is 0. The average molecular weight is 225 g/mol. The van der Waals surface area contributed by atoms with E-state index in [0.29, 0.717) is 6.10 Å². The largest absolute Gasteiger partial charge is 0.378 e. The lowest BCUT2D eigenvalue weighted by Crippen LogP contribution is -2.31. The summed E-state index contributed by atoms with van der Waals surface area (Å²) in [5, 5.41) is 0. The molecule has 16 heavy (non-hydrogen) atoms. The first kappa shape index (κ1) is 12.4. The molecule has 0 aromatic rings. The van der Waals surface area contributed by atoms with Gasteiger partial charge in [-0.2, -0.15) is 0 Å². The van der Waals surface area contributed by atoms with Crippen LogP contribution in [0.5, 0.6) is 0 Å². The molecule has 2 fully saturated rings. The molecule has 0 saturated heterocycles. The number of ether oxygens (including phenoxy) is 1. The number of rotatable bonds is 4. The van der Waals surface area contributed by atoms with Gasteiger partial charge in [-0.3, -0.25) is 0 Å². The summed E-state index contributed by atoms with van der Waals surface area (Å²) in [5.74, 6) is 1.48. The predicted octanol–water partition coefficient (Wildman–Crippen LogP) is 3.10. The standard InChI is InChI=1S/C14H27NO/c15-10-12-6-4-5-7-13(12)11-16-14-8-2-1-3-9-14/h12-14H,1-11,15H2. The Kier molecular flexibility index (Phi) is 5.11. The van der Waals surface area contributed by atoms with Crippen LogP contribution in [0.3, 0.4) is 0 Å². The number of hydrogen-bond acceptors (Lipinski definition) is 2. The van der Waals surface area contributed by atoms with Crippen LogP contribution < -0.4 is 5.73 Å². The fourth-order valence-corrected chi connectivity index (χ4v) is 3.31. The van der Waals surface area contributed by atoms with Crippen LogP contribution in [0, 0.1) is 11.8 Å². The molecule has 2 nitrogen and oxygen atoms in total. The molecule has 2 unspecified atom stereocenters. The average Bonchev–Trinajstić information content (AvgIpc) is 2.38. The van der Waals surface area contributed by atoms with Gasteiger partial charge in [0.25, 0.3) is 0 Å². The van der Waals surface area contributed by atoms with Crippen LogP contribution in [-0.4, -0.2) is 19.3 Å². The summed E-state index contributed by atoms with van der Waals surface area (Å²) < 4.78 is 6.10. The SMILES string of the molecule is NCC1CCCCC1COC1CCCCC1. The number of hydrogen-bond donors (Lipinski definition) is 1. The van der Waals surface area contributed by atoms with Gasteiger partial charge in [0.2, 0.25) is 0 Å². The van der Waals surface area contributed by atoms with Crippen molar-refractivity contribution in [2.75, 3.05) is 13.2 Å². The van der Waals surface area contributed by atoms with Gasteiger partial charge < -0.3 is 10.5 Å². The van der Waals surface area contributed by atoms with E-state index in [4.69, 9.17) is 10.5 Å². The lowest BCUT2D eigenvalue weighted by atomic mass is 9.80.